The summed E-state index contributed by atoms with van der Waals surface area (Å²) in [5.41, 5.74) is 0.922. The molecule has 2 rings (SSSR count). The van der Waals surface area contributed by atoms with Crippen LogP contribution in [0.1, 0.15) is 31.2 Å². The molecule has 1 fully saturated rings. The van der Waals surface area contributed by atoms with Crippen LogP contribution < -0.4 is 5.32 Å². The van der Waals surface area contributed by atoms with Gasteiger partial charge in [0, 0.05) is 6.04 Å². The van der Waals surface area contributed by atoms with Crippen molar-refractivity contribution in [2.75, 3.05) is 0 Å². The molecule has 0 aliphatic heterocycles. The molecule has 98 valence electrons. The first-order chi connectivity index (χ1) is 8.65. The Balaban J connectivity index is 1.97. The van der Waals surface area contributed by atoms with E-state index in [1.54, 1.807) is 24.3 Å². The summed E-state index contributed by atoms with van der Waals surface area (Å²) in [6, 6.07) is 6.50. The molecule has 0 aromatic heterocycles. The largest absolute Gasteiger partial charge is 0.508 e. The lowest BCUT2D eigenvalue weighted by Gasteiger charge is -2.19. The third-order valence-corrected chi connectivity index (χ3v) is 3.47. The van der Waals surface area contributed by atoms with Crippen LogP contribution in [-0.4, -0.2) is 28.3 Å². The van der Waals surface area contributed by atoms with E-state index in [4.69, 9.17) is 0 Å². The normalized spacial score (nSPS) is 17.8. The molecule has 1 aliphatic carbocycles. The summed E-state index contributed by atoms with van der Waals surface area (Å²) < 4.78 is 0. The van der Waals surface area contributed by atoms with E-state index in [0.717, 1.165) is 18.4 Å². The smallest absolute Gasteiger partial charge is 0.321 e. The number of rotatable bonds is 5. The molecular formula is C14H19NO3. The summed E-state index contributed by atoms with van der Waals surface area (Å²) in [6.45, 7) is 0. The monoisotopic (exact) mass is 249 g/mol. The molecule has 0 radical (unpaired) electrons. The van der Waals surface area contributed by atoms with Crippen molar-refractivity contribution in [3.8, 4) is 5.75 Å². The van der Waals surface area contributed by atoms with Gasteiger partial charge in [0.25, 0.3) is 0 Å². The van der Waals surface area contributed by atoms with Crippen LogP contribution >= 0.6 is 0 Å². The predicted octanol–water partition coefficient (Wildman–Crippen LogP) is 1.92. The molecule has 3 N–H and O–H groups in total. The fourth-order valence-corrected chi connectivity index (χ4v) is 2.46. The Morgan fingerprint density at radius 3 is 2.44 bits per heavy atom. The molecular weight excluding hydrogens is 230 g/mol. The van der Waals surface area contributed by atoms with E-state index in [0.29, 0.717) is 12.5 Å². The van der Waals surface area contributed by atoms with Gasteiger partial charge in [0.2, 0.25) is 0 Å². The maximum atomic E-state index is 11.2. The fourth-order valence-electron chi connectivity index (χ4n) is 2.46. The molecule has 18 heavy (non-hydrogen) atoms. The third-order valence-electron chi connectivity index (χ3n) is 3.47. The first kappa shape index (κ1) is 12.9. The fraction of sp³-hybridized carbons (Fsp3) is 0.500. The maximum absolute atomic E-state index is 11.2. The first-order valence-corrected chi connectivity index (χ1v) is 6.42. The summed E-state index contributed by atoms with van der Waals surface area (Å²) in [4.78, 5) is 11.2. The molecule has 0 bridgehead atoms. The van der Waals surface area contributed by atoms with Crippen LogP contribution in [0.4, 0.5) is 0 Å². The van der Waals surface area contributed by atoms with Crippen LogP contribution in [0.3, 0.4) is 0 Å². The van der Waals surface area contributed by atoms with E-state index in [1.807, 2.05) is 0 Å². The molecule has 1 aliphatic rings. The lowest BCUT2D eigenvalue weighted by molar-refractivity contribution is -0.139. The van der Waals surface area contributed by atoms with Crippen LogP contribution in [0.5, 0.6) is 5.75 Å². The van der Waals surface area contributed by atoms with Crippen molar-refractivity contribution in [1.82, 2.24) is 5.32 Å². The lowest BCUT2D eigenvalue weighted by atomic mass is 10.0. The summed E-state index contributed by atoms with van der Waals surface area (Å²) in [6.07, 6.45) is 4.96. The number of hydrogen-bond acceptors (Lipinski definition) is 3. The van der Waals surface area contributed by atoms with E-state index in [1.165, 1.54) is 12.8 Å². The van der Waals surface area contributed by atoms with Gasteiger partial charge < -0.3 is 15.5 Å². The molecule has 1 aromatic rings. The number of carboxylic acids is 1. The molecule has 0 saturated heterocycles. The lowest BCUT2D eigenvalue weighted by Crippen LogP contribution is -2.43. The van der Waals surface area contributed by atoms with Crippen molar-refractivity contribution >= 4 is 5.97 Å². The van der Waals surface area contributed by atoms with Crippen LogP contribution in [0.2, 0.25) is 0 Å². The minimum atomic E-state index is -0.810. The molecule has 4 heteroatoms. The van der Waals surface area contributed by atoms with Gasteiger partial charge in [0.1, 0.15) is 11.8 Å². The second kappa shape index (κ2) is 5.87. The standard InChI is InChI=1S/C14H19NO3/c16-12-7-5-10(6-8-12)9-13(14(17)18)15-11-3-1-2-4-11/h5-8,11,13,15-16H,1-4,9H2,(H,17,18)/t13-/m0/s1. The zero-order valence-electron chi connectivity index (χ0n) is 10.3. The SMILES string of the molecule is O=C(O)[C@H](Cc1ccc(O)cc1)NC1CCCC1. The zero-order chi connectivity index (χ0) is 13.0. The van der Waals surface area contributed by atoms with E-state index in [2.05, 4.69) is 5.32 Å². The van der Waals surface area contributed by atoms with Gasteiger partial charge in [0.15, 0.2) is 0 Å². The third kappa shape index (κ3) is 3.47. The highest BCUT2D eigenvalue weighted by atomic mass is 16.4. The second-order valence-corrected chi connectivity index (χ2v) is 4.91. The quantitative estimate of drug-likeness (QED) is 0.745. The Morgan fingerprint density at radius 2 is 1.89 bits per heavy atom. The molecule has 0 unspecified atom stereocenters. The second-order valence-electron chi connectivity index (χ2n) is 4.91. The number of nitrogens with one attached hydrogen (secondary N) is 1. The Kier molecular flexibility index (Phi) is 4.20. The summed E-state index contributed by atoms with van der Waals surface area (Å²) in [7, 11) is 0. The summed E-state index contributed by atoms with van der Waals surface area (Å²) in [5, 5.41) is 21.7. The number of carboxylic acid groups (broad SMARTS) is 1. The minimum Gasteiger partial charge on any atom is -0.508 e. The van der Waals surface area contributed by atoms with Gasteiger partial charge in [-0.3, -0.25) is 4.79 Å². The van der Waals surface area contributed by atoms with Gasteiger partial charge >= 0.3 is 5.97 Å². The van der Waals surface area contributed by atoms with Gasteiger partial charge in [-0.2, -0.15) is 0 Å². The first-order valence-electron chi connectivity index (χ1n) is 6.42. The van der Waals surface area contributed by atoms with Gasteiger partial charge in [-0.05, 0) is 37.0 Å². The summed E-state index contributed by atoms with van der Waals surface area (Å²) >= 11 is 0. The van der Waals surface area contributed by atoms with Crippen molar-refractivity contribution in [2.45, 2.75) is 44.2 Å². The van der Waals surface area contributed by atoms with E-state index in [-0.39, 0.29) is 5.75 Å². The van der Waals surface area contributed by atoms with Crippen molar-refractivity contribution in [3.63, 3.8) is 0 Å². The van der Waals surface area contributed by atoms with E-state index in [9.17, 15) is 15.0 Å². The highest BCUT2D eigenvalue weighted by Gasteiger charge is 2.23. The molecule has 0 amide bonds. The van der Waals surface area contributed by atoms with Gasteiger partial charge in [-0.15, -0.1) is 0 Å². The number of carbonyl (C=O) groups is 1. The van der Waals surface area contributed by atoms with Crippen LogP contribution in [-0.2, 0) is 11.2 Å². The number of aliphatic carboxylic acids is 1. The van der Waals surface area contributed by atoms with Gasteiger partial charge in [-0.25, -0.2) is 0 Å². The maximum Gasteiger partial charge on any atom is 0.321 e. The Hall–Kier alpha value is -1.55. The van der Waals surface area contributed by atoms with E-state index >= 15 is 0 Å². The molecule has 0 spiro atoms. The minimum absolute atomic E-state index is 0.203. The summed E-state index contributed by atoms with van der Waals surface area (Å²) in [5.74, 6) is -0.607. The predicted molar refractivity (Wildman–Crippen MR) is 68.6 cm³/mol. The van der Waals surface area contributed by atoms with Crippen LogP contribution in [0.15, 0.2) is 24.3 Å². The Labute approximate surface area is 107 Å². The molecule has 1 saturated carbocycles. The highest BCUT2D eigenvalue weighted by molar-refractivity contribution is 5.74. The molecule has 1 atom stereocenters. The van der Waals surface area contributed by atoms with Crippen molar-refractivity contribution in [2.24, 2.45) is 0 Å². The number of phenols is 1. The average molecular weight is 249 g/mol. The molecule has 1 aromatic carbocycles. The number of phenolic OH excluding ortho intramolecular Hbond substituents is 1. The number of benzene rings is 1. The van der Waals surface area contributed by atoms with Gasteiger partial charge in [-0.1, -0.05) is 25.0 Å². The topological polar surface area (TPSA) is 69.6 Å². The van der Waals surface area contributed by atoms with Gasteiger partial charge in [0.05, 0.1) is 0 Å². The van der Waals surface area contributed by atoms with Crippen LogP contribution in [0, 0.1) is 0 Å². The average Bonchev–Trinajstić information content (AvgIpc) is 2.84. The van der Waals surface area contributed by atoms with Crippen LogP contribution in [0.25, 0.3) is 0 Å². The van der Waals surface area contributed by atoms with Crippen molar-refractivity contribution in [1.29, 1.82) is 0 Å². The molecule has 0 heterocycles. The van der Waals surface area contributed by atoms with E-state index < -0.39 is 12.0 Å². The highest BCUT2D eigenvalue weighted by Crippen LogP contribution is 2.19. The number of aromatic hydroxyl groups is 1. The van der Waals surface area contributed by atoms with Crippen molar-refractivity contribution in [3.05, 3.63) is 29.8 Å². The Morgan fingerprint density at radius 1 is 1.28 bits per heavy atom. The zero-order valence-corrected chi connectivity index (χ0v) is 10.3. The van der Waals surface area contributed by atoms with Crippen molar-refractivity contribution < 1.29 is 15.0 Å². The number of hydrogen-bond donors (Lipinski definition) is 3. The Bertz CT molecular complexity index is 396. The molecule has 4 nitrogen and oxygen atoms in total.